The Bertz CT molecular complexity index is 646. The quantitative estimate of drug-likeness (QED) is 0.291. The van der Waals surface area contributed by atoms with E-state index in [1.54, 1.807) is 0 Å². The van der Waals surface area contributed by atoms with Crippen LogP contribution in [0.3, 0.4) is 0 Å². The molecule has 7 heteroatoms. The number of carbonyl (C=O) groups is 2. The van der Waals surface area contributed by atoms with Crippen molar-refractivity contribution in [1.29, 1.82) is 0 Å². The smallest absolute Gasteiger partial charge is 0.233 e. The molecule has 2 amide bonds. The van der Waals surface area contributed by atoms with Gasteiger partial charge in [-0.15, -0.1) is 0 Å². The molecule has 7 nitrogen and oxygen atoms in total. The van der Waals surface area contributed by atoms with Crippen molar-refractivity contribution in [3.05, 3.63) is 12.2 Å². The second kappa shape index (κ2) is 8.23. The summed E-state index contributed by atoms with van der Waals surface area (Å²) in [5, 5.41) is 6.58. The van der Waals surface area contributed by atoms with E-state index in [-0.39, 0.29) is 35.5 Å². The summed E-state index contributed by atoms with van der Waals surface area (Å²) in [6.07, 6.45) is 6.45. The van der Waals surface area contributed by atoms with Crippen LogP contribution in [-0.2, 0) is 9.59 Å². The van der Waals surface area contributed by atoms with E-state index in [1.807, 2.05) is 6.92 Å². The molecule has 0 spiro atoms. The fraction of sp³-hybridized carbons (Fsp3) is 0.762. The second-order valence-electron chi connectivity index (χ2n) is 8.52. The van der Waals surface area contributed by atoms with Crippen LogP contribution in [0.4, 0.5) is 0 Å². The topological polar surface area (TPSA) is 77.0 Å². The molecule has 1 saturated carbocycles. The summed E-state index contributed by atoms with van der Waals surface area (Å²) in [4.78, 5) is 34.2. The lowest BCUT2D eigenvalue weighted by Crippen LogP contribution is -2.44. The van der Waals surface area contributed by atoms with Crippen molar-refractivity contribution in [2.24, 2.45) is 34.6 Å². The number of hydrogen-bond donors (Lipinski definition) is 2. The number of aliphatic imine (C=N–C) groups is 1. The maximum Gasteiger partial charge on any atom is 0.233 e. The minimum Gasteiger partial charge on any atom is -0.357 e. The standard InChI is InChI=1S/C21H33N5O2/c1-3-22-21(24-12-14-7-9-25(4-2)13-14)23-8-10-26-19(27)17-15-5-6-16(11-15)18(17)20(26)28/h5-6,14-18H,3-4,7-13H2,1-2H3,(H2,22,23,24). The Labute approximate surface area is 167 Å². The fourth-order valence-electron chi connectivity index (χ4n) is 5.38. The van der Waals surface area contributed by atoms with Crippen molar-refractivity contribution in [3.8, 4) is 0 Å². The van der Waals surface area contributed by atoms with E-state index in [0.717, 1.165) is 38.6 Å². The van der Waals surface area contributed by atoms with E-state index in [9.17, 15) is 9.59 Å². The molecule has 2 bridgehead atoms. The average molecular weight is 388 g/mol. The van der Waals surface area contributed by atoms with Gasteiger partial charge in [0.05, 0.1) is 11.8 Å². The van der Waals surface area contributed by atoms with Crippen molar-refractivity contribution in [1.82, 2.24) is 20.4 Å². The van der Waals surface area contributed by atoms with Crippen molar-refractivity contribution >= 4 is 17.8 Å². The van der Waals surface area contributed by atoms with Crippen molar-refractivity contribution in [2.75, 3.05) is 45.8 Å². The van der Waals surface area contributed by atoms with E-state index in [4.69, 9.17) is 4.99 Å². The van der Waals surface area contributed by atoms with Gasteiger partial charge in [0.2, 0.25) is 11.8 Å². The number of imide groups is 1. The number of nitrogens with zero attached hydrogens (tertiary/aromatic N) is 3. The van der Waals surface area contributed by atoms with Gasteiger partial charge in [-0.25, -0.2) is 0 Å². The van der Waals surface area contributed by atoms with Crippen molar-refractivity contribution in [2.45, 2.75) is 26.7 Å². The number of carbonyl (C=O) groups excluding carboxylic acids is 2. The number of allylic oxidation sites excluding steroid dienone is 2. The zero-order valence-electron chi connectivity index (χ0n) is 17.1. The van der Waals surface area contributed by atoms with Gasteiger partial charge in [-0.05, 0) is 50.6 Å². The minimum atomic E-state index is -0.103. The molecule has 2 aliphatic heterocycles. The second-order valence-corrected chi connectivity index (χ2v) is 8.52. The van der Waals surface area contributed by atoms with E-state index in [0.29, 0.717) is 19.0 Å². The third kappa shape index (κ3) is 3.56. The summed E-state index contributed by atoms with van der Waals surface area (Å²) in [5.41, 5.74) is 0. The third-order valence-electron chi connectivity index (χ3n) is 6.86. The first-order valence-electron chi connectivity index (χ1n) is 10.9. The first kappa shape index (κ1) is 19.4. The highest BCUT2D eigenvalue weighted by atomic mass is 16.2. The number of fused-ring (bicyclic) bond motifs is 5. The van der Waals surface area contributed by atoms with Crippen LogP contribution in [0.2, 0.25) is 0 Å². The summed E-state index contributed by atoms with van der Waals surface area (Å²) in [6, 6.07) is 0. The molecule has 2 saturated heterocycles. The normalized spacial score (nSPS) is 34.6. The Morgan fingerprint density at radius 1 is 1.14 bits per heavy atom. The van der Waals surface area contributed by atoms with Crippen LogP contribution in [0.5, 0.6) is 0 Å². The molecule has 0 aromatic heterocycles. The van der Waals surface area contributed by atoms with Crippen molar-refractivity contribution < 1.29 is 9.59 Å². The van der Waals surface area contributed by atoms with Gasteiger partial charge < -0.3 is 15.5 Å². The number of rotatable bonds is 7. The number of amides is 2. The largest absolute Gasteiger partial charge is 0.357 e. The number of hydrogen-bond acceptors (Lipinski definition) is 4. The minimum absolute atomic E-state index is 0.0289. The van der Waals surface area contributed by atoms with Gasteiger partial charge in [0.25, 0.3) is 0 Å². The number of nitrogens with one attached hydrogen (secondary N) is 2. The van der Waals surface area contributed by atoms with E-state index < -0.39 is 0 Å². The van der Waals surface area contributed by atoms with Crippen LogP contribution in [0.25, 0.3) is 0 Å². The molecule has 154 valence electrons. The molecule has 5 atom stereocenters. The molecule has 2 N–H and O–H groups in total. The van der Waals surface area contributed by atoms with Gasteiger partial charge >= 0.3 is 0 Å². The zero-order valence-corrected chi connectivity index (χ0v) is 17.1. The summed E-state index contributed by atoms with van der Waals surface area (Å²) in [7, 11) is 0. The lowest BCUT2D eigenvalue weighted by molar-refractivity contribution is -0.140. The van der Waals surface area contributed by atoms with E-state index in [2.05, 4.69) is 34.6 Å². The Hall–Kier alpha value is -1.89. The summed E-state index contributed by atoms with van der Waals surface area (Å²) in [5.74, 6) is 1.79. The van der Waals surface area contributed by atoms with Gasteiger partial charge in [0, 0.05) is 32.7 Å². The lowest BCUT2D eigenvalue weighted by Gasteiger charge is -2.19. The Balaban J connectivity index is 1.27. The Morgan fingerprint density at radius 3 is 2.46 bits per heavy atom. The Kier molecular flexibility index (Phi) is 5.71. The van der Waals surface area contributed by atoms with Gasteiger partial charge in [0.15, 0.2) is 5.96 Å². The monoisotopic (exact) mass is 387 g/mol. The molecule has 0 aromatic rings. The maximum atomic E-state index is 12.7. The molecule has 4 aliphatic rings. The molecule has 2 heterocycles. The summed E-state index contributed by atoms with van der Waals surface area (Å²) < 4.78 is 0. The van der Waals surface area contributed by atoms with Gasteiger partial charge in [-0.1, -0.05) is 19.1 Å². The van der Waals surface area contributed by atoms with E-state index in [1.165, 1.54) is 17.9 Å². The first-order valence-corrected chi connectivity index (χ1v) is 10.9. The maximum absolute atomic E-state index is 12.7. The highest BCUT2D eigenvalue weighted by Gasteiger charge is 2.58. The van der Waals surface area contributed by atoms with Crippen LogP contribution in [0.1, 0.15) is 26.7 Å². The highest BCUT2D eigenvalue weighted by molar-refractivity contribution is 6.06. The number of guanidine groups is 1. The van der Waals surface area contributed by atoms with Crippen LogP contribution in [-0.4, -0.2) is 73.4 Å². The zero-order chi connectivity index (χ0) is 19.7. The Morgan fingerprint density at radius 2 is 1.86 bits per heavy atom. The van der Waals surface area contributed by atoms with Crippen LogP contribution in [0.15, 0.2) is 17.1 Å². The third-order valence-corrected chi connectivity index (χ3v) is 6.86. The molecular formula is C21H33N5O2. The first-order chi connectivity index (χ1) is 13.6. The molecule has 4 rings (SSSR count). The lowest BCUT2D eigenvalue weighted by atomic mass is 9.85. The predicted octanol–water partition coefficient (Wildman–Crippen LogP) is 0.690. The predicted molar refractivity (Wildman–Crippen MR) is 109 cm³/mol. The molecular weight excluding hydrogens is 354 g/mol. The van der Waals surface area contributed by atoms with Gasteiger partial charge in [-0.2, -0.15) is 0 Å². The molecule has 0 radical (unpaired) electrons. The molecule has 0 aromatic carbocycles. The summed E-state index contributed by atoms with van der Waals surface area (Å²) in [6.45, 7) is 10.2. The number of likely N-dealkylation sites (tertiary alicyclic amines) is 2. The van der Waals surface area contributed by atoms with Crippen molar-refractivity contribution in [3.63, 3.8) is 0 Å². The average Bonchev–Trinajstić information content (AvgIpc) is 3.46. The van der Waals surface area contributed by atoms with Crippen LogP contribution in [0, 0.1) is 29.6 Å². The molecule has 5 unspecified atom stereocenters. The molecule has 2 aliphatic carbocycles. The fourth-order valence-corrected chi connectivity index (χ4v) is 5.38. The SMILES string of the molecule is CCNC(=NCC1CCN(CC)C1)NCCN1C(=O)C2C3C=CC(C3)C2C1=O. The van der Waals surface area contributed by atoms with Gasteiger partial charge in [-0.3, -0.25) is 19.5 Å². The van der Waals surface area contributed by atoms with E-state index >= 15 is 0 Å². The molecule has 28 heavy (non-hydrogen) atoms. The van der Waals surface area contributed by atoms with Crippen LogP contribution >= 0.6 is 0 Å². The van der Waals surface area contributed by atoms with Crippen LogP contribution < -0.4 is 10.6 Å². The van der Waals surface area contributed by atoms with Gasteiger partial charge in [0.1, 0.15) is 0 Å². The highest BCUT2D eigenvalue weighted by Crippen LogP contribution is 2.52. The molecule has 3 fully saturated rings. The summed E-state index contributed by atoms with van der Waals surface area (Å²) >= 11 is 0.